The van der Waals surface area contributed by atoms with Gasteiger partial charge in [-0.05, 0) is 85.2 Å². The van der Waals surface area contributed by atoms with Gasteiger partial charge in [-0.1, -0.05) is 31.2 Å². The molecule has 3 aromatic carbocycles. The number of carbonyl (C=O) groups is 1. The Labute approximate surface area is 242 Å². The number of imidazole rings is 1. The molecule has 6 nitrogen and oxygen atoms in total. The van der Waals surface area contributed by atoms with E-state index in [2.05, 4.69) is 16.5 Å². The molecule has 0 aliphatic heterocycles. The average Bonchev–Trinajstić information content (AvgIpc) is 3.68. The molecular formula is C34H31F2N3O3. The fraction of sp³-hybridized carbons (Fsp3) is 0.265. The number of hydrogen-bond donors (Lipinski definition) is 1. The highest BCUT2D eigenvalue weighted by molar-refractivity contribution is 5.92. The zero-order chi connectivity index (χ0) is 29.4. The van der Waals surface area contributed by atoms with Gasteiger partial charge in [-0.25, -0.2) is 23.5 Å². The molecule has 1 N–H and O–H groups in total. The average molecular weight is 568 g/mol. The highest BCUT2D eigenvalue weighted by Gasteiger charge is 2.41. The summed E-state index contributed by atoms with van der Waals surface area (Å²) in [5, 5.41) is 9.54. The molecule has 0 unspecified atom stereocenters. The van der Waals surface area contributed by atoms with Crippen LogP contribution in [0.1, 0.15) is 59.1 Å². The van der Waals surface area contributed by atoms with Gasteiger partial charge < -0.3 is 14.4 Å². The van der Waals surface area contributed by atoms with E-state index in [1.54, 1.807) is 48.5 Å². The predicted octanol–water partition coefficient (Wildman–Crippen LogP) is 7.74. The van der Waals surface area contributed by atoms with Crippen LogP contribution >= 0.6 is 0 Å². The first kappa shape index (κ1) is 27.6. The Morgan fingerprint density at radius 2 is 1.83 bits per heavy atom. The van der Waals surface area contributed by atoms with E-state index in [4.69, 9.17) is 9.72 Å². The topological polar surface area (TPSA) is 77.2 Å². The third-order valence-electron chi connectivity index (χ3n) is 8.25. The Balaban J connectivity index is 1.25. The molecule has 1 aliphatic rings. The number of carboxylic acids is 1. The molecule has 0 amide bonds. The zero-order valence-corrected chi connectivity index (χ0v) is 23.5. The number of hydrogen-bond acceptors (Lipinski definition) is 4. The van der Waals surface area contributed by atoms with Crippen LogP contribution in [0.3, 0.4) is 0 Å². The van der Waals surface area contributed by atoms with Crippen LogP contribution in [0.5, 0.6) is 5.88 Å². The maximum absolute atomic E-state index is 15.5. The second kappa shape index (κ2) is 11.0. The third kappa shape index (κ3) is 5.62. The van der Waals surface area contributed by atoms with Crippen LogP contribution in [0.25, 0.3) is 22.3 Å². The molecule has 0 bridgehead atoms. The molecule has 5 aromatic rings. The zero-order valence-electron chi connectivity index (χ0n) is 23.5. The van der Waals surface area contributed by atoms with Crippen LogP contribution in [-0.4, -0.2) is 25.6 Å². The van der Waals surface area contributed by atoms with Crippen LogP contribution in [-0.2, 0) is 19.6 Å². The van der Waals surface area contributed by atoms with Crippen molar-refractivity contribution in [3.63, 3.8) is 0 Å². The second-order valence-electron chi connectivity index (χ2n) is 11.2. The van der Waals surface area contributed by atoms with Gasteiger partial charge in [-0.2, -0.15) is 0 Å². The molecule has 8 heteroatoms. The van der Waals surface area contributed by atoms with Crippen LogP contribution in [0.2, 0.25) is 0 Å². The highest BCUT2D eigenvalue weighted by atomic mass is 19.1. The number of carboxylic acid groups (broad SMARTS) is 1. The number of halogens is 2. The number of nitrogens with zero attached hydrogens (tertiary/aromatic N) is 3. The summed E-state index contributed by atoms with van der Waals surface area (Å²) in [4.78, 5) is 20.9. The van der Waals surface area contributed by atoms with Gasteiger partial charge in [0.1, 0.15) is 24.1 Å². The van der Waals surface area contributed by atoms with E-state index in [0.717, 1.165) is 53.8 Å². The van der Waals surface area contributed by atoms with Gasteiger partial charge in [0.15, 0.2) is 0 Å². The maximum atomic E-state index is 15.5. The van der Waals surface area contributed by atoms with E-state index in [1.807, 2.05) is 19.1 Å². The van der Waals surface area contributed by atoms with Crippen LogP contribution < -0.4 is 4.74 Å². The van der Waals surface area contributed by atoms with E-state index in [0.29, 0.717) is 23.2 Å². The number of rotatable bonds is 10. The largest absolute Gasteiger partial charge is 0.478 e. The molecule has 2 heterocycles. The van der Waals surface area contributed by atoms with Gasteiger partial charge in [0.25, 0.3) is 0 Å². The quantitative estimate of drug-likeness (QED) is 0.187. The summed E-state index contributed by atoms with van der Waals surface area (Å²) in [6.45, 7) is 4.76. The molecule has 1 saturated carbocycles. The lowest BCUT2D eigenvalue weighted by Crippen LogP contribution is -2.14. The number of fused-ring (bicyclic) bond motifs is 1. The summed E-state index contributed by atoms with van der Waals surface area (Å²) in [7, 11) is 0. The van der Waals surface area contributed by atoms with E-state index in [-0.39, 0.29) is 29.3 Å². The van der Waals surface area contributed by atoms with Gasteiger partial charge >= 0.3 is 5.97 Å². The van der Waals surface area contributed by atoms with Crippen molar-refractivity contribution in [3.8, 4) is 17.1 Å². The normalized spacial score (nSPS) is 13.8. The maximum Gasteiger partial charge on any atom is 0.335 e. The molecule has 214 valence electrons. The van der Waals surface area contributed by atoms with Crippen molar-refractivity contribution in [1.82, 2.24) is 14.5 Å². The molecule has 42 heavy (non-hydrogen) atoms. The summed E-state index contributed by atoms with van der Waals surface area (Å²) in [5.74, 6) is -0.701. The lowest BCUT2D eigenvalue weighted by Gasteiger charge is -2.17. The van der Waals surface area contributed by atoms with E-state index >= 15 is 4.39 Å². The van der Waals surface area contributed by atoms with Crippen molar-refractivity contribution in [1.29, 1.82) is 0 Å². The first-order valence-corrected chi connectivity index (χ1v) is 14.1. The smallest absolute Gasteiger partial charge is 0.335 e. The fourth-order valence-corrected chi connectivity index (χ4v) is 5.38. The van der Waals surface area contributed by atoms with Crippen LogP contribution in [0.4, 0.5) is 8.78 Å². The predicted molar refractivity (Wildman–Crippen MR) is 157 cm³/mol. The summed E-state index contributed by atoms with van der Waals surface area (Å²) in [5.41, 5.74) is 4.65. The van der Waals surface area contributed by atoms with Crippen molar-refractivity contribution in [2.75, 3.05) is 0 Å². The molecule has 1 fully saturated rings. The molecule has 0 radical (unpaired) electrons. The summed E-state index contributed by atoms with van der Waals surface area (Å²) in [6, 6.07) is 20.1. The van der Waals surface area contributed by atoms with E-state index in [1.165, 1.54) is 12.1 Å². The first-order chi connectivity index (χ1) is 20.2. The lowest BCUT2D eigenvalue weighted by atomic mass is 10.0. The Hall–Kier alpha value is -4.59. The van der Waals surface area contributed by atoms with Crippen LogP contribution in [0.15, 0.2) is 72.8 Å². The summed E-state index contributed by atoms with van der Waals surface area (Å²) >= 11 is 0. The van der Waals surface area contributed by atoms with Crippen LogP contribution in [0, 0.1) is 24.0 Å². The summed E-state index contributed by atoms with van der Waals surface area (Å²) < 4.78 is 37.5. The molecule has 2 aromatic heterocycles. The van der Waals surface area contributed by atoms with E-state index < -0.39 is 11.8 Å². The van der Waals surface area contributed by atoms with Gasteiger partial charge in [0, 0.05) is 30.2 Å². The Morgan fingerprint density at radius 1 is 1.00 bits per heavy atom. The number of aryl methyl sites for hydroxylation is 1. The van der Waals surface area contributed by atoms with Gasteiger partial charge in [-0.15, -0.1) is 0 Å². The van der Waals surface area contributed by atoms with E-state index in [9.17, 15) is 14.3 Å². The standard InChI is InChI=1S/C34H31F2N3O3/c1-3-34(13-14-34)20-39-30-18-23(33(40)41)10-12-29(30)37-31(39)17-22-8-11-25(27(36)16-22)28-5-4-6-32(38-28)42-19-24-9-7-21(2)15-26(24)35/h4-12,15-16,18H,3,13-14,17,19-20H2,1-2H3,(H,40,41). The SMILES string of the molecule is CCC1(Cn2c(Cc3ccc(-c4cccc(OCc5ccc(C)cc5F)n4)c(F)c3)nc3ccc(C(=O)O)cc32)CC1. The Bertz CT molecular complexity index is 1810. The molecule has 6 rings (SSSR count). The van der Waals surface area contributed by atoms with Gasteiger partial charge in [-0.3, -0.25) is 0 Å². The highest BCUT2D eigenvalue weighted by Crippen LogP contribution is 2.50. The number of benzene rings is 3. The second-order valence-corrected chi connectivity index (χ2v) is 11.2. The van der Waals surface area contributed by atoms with Crippen molar-refractivity contribution in [2.24, 2.45) is 5.41 Å². The van der Waals surface area contributed by atoms with Crippen molar-refractivity contribution >= 4 is 17.0 Å². The monoisotopic (exact) mass is 567 g/mol. The minimum absolute atomic E-state index is 0.0122. The van der Waals surface area contributed by atoms with Gasteiger partial charge in [0.05, 0.1) is 22.3 Å². The lowest BCUT2D eigenvalue weighted by molar-refractivity contribution is 0.0697. The van der Waals surface area contributed by atoms with Crippen molar-refractivity contribution in [2.45, 2.75) is 52.7 Å². The number of pyridine rings is 1. The Kier molecular flexibility index (Phi) is 7.22. The third-order valence-corrected chi connectivity index (χ3v) is 8.25. The minimum Gasteiger partial charge on any atom is -0.478 e. The fourth-order valence-electron chi connectivity index (χ4n) is 5.38. The summed E-state index contributed by atoms with van der Waals surface area (Å²) in [6.07, 6.45) is 3.68. The van der Waals surface area contributed by atoms with Gasteiger partial charge in [0.2, 0.25) is 5.88 Å². The molecule has 0 atom stereocenters. The molecular weight excluding hydrogens is 536 g/mol. The number of ether oxygens (including phenoxy) is 1. The molecule has 0 spiro atoms. The first-order valence-electron chi connectivity index (χ1n) is 14.1. The number of aromatic carboxylic acids is 1. The number of aromatic nitrogens is 3. The Morgan fingerprint density at radius 3 is 2.55 bits per heavy atom. The van der Waals surface area contributed by atoms with Crippen molar-refractivity contribution in [3.05, 3.63) is 113 Å². The van der Waals surface area contributed by atoms with Crippen molar-refractivity contribution < 1.29 is 23.4 Å². The molecule has 0 saturated heterocycles. The minimum atomic E-state index is -0.981. The molecule has 1 aliphatic carbocycles.